The van der Waals surface area contributed by atoms with Crippen molar-refractivity contribution in [2.24, 2.45) is 0 Å². The van der Waals surface area contributed by atoms with Crippen LogP contribution in [0.25, 0.3) is 5.57 Å². The Kier molecular flexibility index (Phi) is 5.14. The Morgan fingerprint density at radius 1 is 0.921 bits per heavy atom. The number of benzene rings is 2. The summed E-state index contributed by atoms with van der Waals surface area (Å²) >= 11 is 0. The lowest BCUT2D eigenvalue weighted by Gasteiger charge is -2.45. The number of rotatable bonds is 2. The molecule has 0 saturated carbocycles. The largest absolute Gasteiger partial charge is 0.371 e. The predicted octanol–water partition coefficient (Wildman–Crippen LogP) is 5.86. The number of fused-ring (bicyclic) bond motifs is 4. The van der Waals surface area contributed by atoms with Crippen LogP contribution in [-0.2, 0) is 23.7 Å². The van der Waals surface area contributed by atoms with Crippen molar-refractivity contribution in [3.05, 3.63) is 97.6 Å². The summed E-state index contributed by atoms with van der Waals surface area (Å²) in [5.41, 5.74) is 16.9. The van der Waals surface area contributed by atoms with Crippen LogP contribution >= 0.6 is 0 Å². The molecule has 0 aromatic heterocycles. The van der Waals surface area contributed by atoms with Gasteiger partial charge < -0.3 is 4.90 Å². The third-order valence-corrected chi connectivity index (χ3v) is 10.5. The third-order valence-electron chi connectivity index (χ3n) is 10.5. The van der Waals surface area contributed by atoms with Gasteiger partial charge in [-0.3, -0.25) is 0 Å². The number of allylic oxidation sites excluding steroid dienone is 5. The van der Waals surface area contributed by atoms with Crippen LogP contribution in [-0.4, -0.2) is 26.7 Å². The molecule has 0 atom stereocenters. The summed E-state index contributed by atoms with van der Waals surface area (Å²) in [6.07, 6.45) is 11.7. The van der Waals surface area contributed by atoms with E-state index in [0.29, 0.717) is 0 Å². The Balaban J connectivity index is 1.58. The van der Waals surface area contributed by atoms with Gasteiger partial charge in [-0.25, -0.2) is 4.58 Å². The summed E-state index contributed by atoms with van der Waals surface area (Å²) in [7, 11) is 2.28. The Labute approximate surface area is 228 Å². The van der Waals surface area contributed by atoms with E-state index in [0.717, 1.165) is 19.4 Å². The van der Waals surface area contributed by atoms with Crippen molar-refractivity contribution in [3.63, 3.8) is 0 Å². The van der Waals surface area contributed by atoms with Crippen LogP contribution in [0.15, 0.2) is 53.6 Å². The minimum Gasteiger partial charge on any atom is -0.371 e. The van der Waals surface area contributed by atoms with Crippen molar-refractivity contribution in [2.45, 2.75) is 84.0 Å². The first kappa shape index (κ1) is 24.2. The first-order chi connectivity index (χ1) is 18.0. The van der Waals surface area contributed by atoms with Crippen LogP contribution in [0.2, 0.25) is 0 Å². The maximum absolute atomic E-state index is 4.29. The molecule has 5 aliphatic rings. The summed E-state index contributed by atoms with van der Waals surface area (Å²) in [4.78, 5) is 2.72. The molecule has 0 fully saturated rings. The molecule has 2 heteroatoms. The van der Waals surface area contributed by atoms with Crippen LogP contribution < -0.4 is 20.1 Å². The Hall–Kier alpha value is -2.87. The molecule has 2 nitrogen and oxygen atoms in total. The highest BCUT2D eigenvalue weighted by Gasteiger charge is 2.39. The van der Waals surface area contributed by atoms with Gasteiger partial charge in [0.25, 0.3) is 0 Å². The van der Waals surface area contributed by atoms with E-state index in [1.54, 1.807) is 22.4 Å². The van der Waals surface area contributed by atoms with Crippen molar-refractivity contribution in [1.82, 2.24) is 4.58 Å². The van der Waals surface area contributed by atoms with Gasteiger partial charge in [-0.2, -0.15) is 0 Å². The molecular weight excluding hydrogens is 460 g/mol. The minimum absolute atomic E-state index is 0.192. The highest BCUT2D eigenvalue weighted by atomic mass is 15.1. The van der Waals surface area contributed by atoms with E-state index in [4.69, 9.17) is 0 Å². The van der Waals surface area contributed by atoms with Crippen molar-refractivity contribution < 1.29 is 0 Å². The average Bonchev–Trinajstić information content (AvgIpc) is 3.37. The minimum atomic E-state index is 0.192. The van der Waals surface area contributed by atoms with Gasteiger partial charge in [0.05, 0.1) is 0 Å². The van der Waals surface area contributed by atoms with Crippen LogP contribution in [0.4, 0.5) is 5.69 Å². The van der Waals surface area contributed by atoms with Crippen molar-refractivity contribution in [1.29, 1.82) is 0 Å². The lowest BCUT2D eigenvalue weighted by atomic mass is 9.69. The summed E-state index contributed by atoms with van der Waals surface area (Å²) in [5.74, 6) is 0. The van der Waals surface area contributed by atoms with Crippen LogP contribution in [0.5, 0.6) is 0 Å². The molecule has 7 rings (SSSR count). The fourth-order valence-electron chi connectivity index (χ4n) is 7.91. The van der Waals surface area contributed by atoms with Crippen LogP contribution in [0, 0.1) is 0 Å². The van der Waals surface area contributed by atoms with Gasteiger partial charge >= 0.3 is 0 Å². The SMILES string of the molecule is C=C(C)C1=CC=C(C2=c3cc4c(cc3Cc3c2cc2c5c3CCCN5CCC2(C)C)=[N+](C)CCC4(C)C)C1. The van der Waals surface area contributed by atoms with Gasteiger partial charge in [0.2, 0.25) is 5.36 Å². The average molecular weight is 504 g/mol. The first-order valence-corrected chi connectivity index (χ1v) is 14.8. The zero-order valence-corrected chi connectivity index (χ0v) is 24.4. The fourth-order valence-corrected chi connectivity index (χ4v) is 7.91. The predicted molar refractivity (Wildman–Crippen MR) is 161 cm³/mol. The summed E-state index contributed by atoms with van der Waals surface area (Å²) in [6.45, 7) is 19.8. The number of anilines is 1. The summed E-state index contributed by atoms with van der Waals surface area (Å²) in [5, 5.41) is 2.92. The van der Waals surface area contributed by atoms with Crippen LogP contribution in [0.1, 0.15) is 93.7 Å². The Morgan fingerprint density at radius 2 is 1.71 bits per heavy atom. The first-order valence-electron chi connectivity index (χ1n) is 14.8. The molecule has 38 heavy (non-hydrogen) atoms. The van der Waals surface area contributed by atoms with E-state index in [-0.39, 0.29) is 10.8 Å². The Morgan fingerprint density at radius 3 is 2.47 bits per heavy atom. The molecule has 2 aromatic rings. The van der Waals surface area contributed by atoms with Gasteiger partial charge in [-0.15, -0.1) is 0 Å². The molecule has 2 aromatic carbocycles. The maximum atomic E-state index is 4.29. The molecule has 2 aliphatic carbocycles. The normalized spacial score (nSPS) is 22.2. The maximum Gasteiger partial charge on any atom is 0.203 e. The second kappa shape index (κ2) is 8.07. The van der Waals surface area contributed by atoms with Crippen molar-refractivity contribution in [3.8, 4) is 0 Å². The zero-order chi connectivity index (χ0) is 26.6. The number of nitrogens with zero attached hydrogens (tertiary/aromatic N) is 2. The lowest BCUT2D eigenvalue weighted by Crippen LogP contribution is -2.45. The van der Waals surface area contributed by atoms with E-state index < -0.39 is 0 Å². The van der Waals surface area contributed by atoms with Gasteiger partial charge in [0.15, 0.2) is 0 Å². The fraction of sp³-hybridized carbons (Fsp3) is 0.472. The molecule has 196 valence electrons. The zero-order valence-electron chi connectivity index (χ0n) is 24.4. The standard InChI is InChI=1S/C36H43N2/c1-22(2)23-10-11-24(17-23)33-27-20-30-32(37(7)15-12-35(30,3)4)19-25(27)18-28-26-9-8-14-38-16-13-36(5,6)31(34(26)38)21-29(28)33/h10-11,19-21H,1,8-9,12-18H2,2-7H3/q+1. The highest BCUT2D eigenvalue weighted by Crippen LogP contribution is 2.49. The topological polar surface area (TPSA) is 6.25 Å². The summed E-state index contributed by atoms with van der Waals surface area (Å²) in [6, 6.07) is 7.80. The molecule has 0 spiro atoms. The van der Waals surface area contributed by atoms with Gasteiger partial charge in [-0.1, -0.05) is 52.0 Å². The second-order valence-electron chi connectivity index (χ2n) is 14.0. The van der Waals surface area contributed by atoms with E-state index in [9.17, 15) is 0 Å². The van der Waals surface area contributed by atoms with Gasteiger partial charge in [0.1, 0.15) is 13.6 Å². The molecule has 0 saturated heterocycles. The van der Waals surface area contributed by atoms with Gasteiger partial charge in [-0.05, 0) is 106 Å². The molecule has 0 amide bonds. The molecule has 0 radical (unpaired) electrons. The summed E-state index contributed by atoms with van der Waals surface area (Å²) < 4.78 is 2.49. The van der Waals surface area contributed by atoms with E-state index >= 15 is 0 Å². The Bertz CT molecular complexity index is 1620. The number of hydrogen-bond acceptors (Lipinski definition) is 1. The molecule has 0 bridgehead atoms. The molecular formula is C36H43N2+. The third kappa shape index (κ3) is 3.41. The highest BCUT2D eigenvalue weighted by molar-refractivity contribution is 5.88. The quantitative estimate of drug-likeness (QED) is 0.466. The smallest absolute Gasteiger partial charge is 0.203 e. The van der Waals surface area contributed by atoms with Crippen LogP contribution in [0.3, 0.4) is 0 Å². The van der Waals surface area contributed by atoms with E-state index in [2.05, 4.69) is 88.1 Å². The van der Waals surface area contributed by atoms with Gasteiger partial charge in [0, 0.05) is 42.2 Å². The molecule has 3 aliphatic heterocycles. The molecule has 0 unspecified atom stereocenters. The van der Waals surface area contributed by atoms with E-state index in [1.165, 1.54) is 88.3 Å². The monoisotopic (exact) mass is 503 g/mol. The van der Waals surface area contributed by atoms with E-state index in [1.807, 2.05) is 0 Å². The van der Waals surface area contributed by atoms with Crippen molar-refractivity contribution in [2.75, 3.05) is 31.6 Å². The molecule has 0 N–H and O–H groups in total. The number of hydrogen-bond donors (Lipinski definition) is 0. The second-order valence-corrected chi connectivity index (χ2v) is 14.0. The van der Waals surface area contributed by atoms with Crippen molar-refractivity contribution >= 4 is 11.3 Å². The lowest BCUT2D eigenvalue weighted by molar-refractivity contribution is 0.410. The molecule has 3 heterocycles.